The molecule has 0 spiro atoms. The summed E-state index contributed by atoms with van der Waals surface area (Å²) in [6, 6.07) is 0. The zero-order chi connectivity index (χ0) is 11.8. The third kappa shape index (κ3) is 4.35. The second-order valence-corrected chi connectivity index (χ2v) is 4.36. The monoisotopic (exact) mass is 224 g/mol. The van der Waals surface area contributed by atoms with E-state index >= 15 is 0 Å². The van der Waals surface area contributed by atoms with Gasteiger partial charge in [-0.15, -0.1) is 6.58 Å². The lowest BCUT2D eigenvalue weighted by atomic mass is 10.1. The summed E-state index contributed by atoms with van der Waals surface area (Å²) in [5.74, 6) is 1.10. The van der Waals surface area contributed by atoms with Crippen molar-refractivity contribution in [1.82, 2.24) is 4.90 Å². The lowest BCUT2D eigenvalue weighted by Gasteiger charge is -2.23. The second-order valence-electron chi connectivity index (χ2n) is 4.36. The number of unbranched alkanes of at least 4 members (excludes halogenated alkanes) is 4. The van der Waals surface area contributed by atoms with Crippen LogP contribution in [0.15, 0.2) is 17.6 Å². The van der Waals surface area contributed by atoms with Crippen LogP contribution >= 0.6 is 0 Å². The van der Waals surface area contributed by atoms with Gasteiger partial charge in [0.2, 0.25) is 0 Å². The van der Waals surface area contributed by atoms with Crippen LogP contribution in [-0.4, -0.2) is 35.2 Å². The highest BCUT2D eigenvalue weighted by Crippen LogP contribution is 2.13. The first kappa shape index (κ1) is 13.2. The number of aliphatic hydroxyl groups excluding tert-OH is 1. The molecule has 0 aliphatic carbocycles. The highest BCUT2D eigenvalue weighted by atomic mass is 16.3. The number of allylic oxidation sites excluding steroid dienone is 1. The standard InChI is InChI=1S/C13H24N2O/c1-3-4-5-6-7-8-9-13-14-10-11-15(13)12(2)16/h3,12,16H,1,4-11H2,2H3. The van der Waals surface area contributed by atoms with Gasteiger partial charge in [0.15, 0.2) is 0 Å². The van der Waals surface area contributed by atoms with Crippen molar-refractivity contribution in [2.45, 2.75) is 51.7 Å². The quantitative estimate of drug-likeness (QED) is 0.508. The number of hydrogen-bond acceptors (Lipinski definition) is 3. The van der Waals surface area contributed by atoms with E-state index in [4.69, 9.17) is 0 Å². The van der Waals surface area contributed by atoms with E-state index < -0.39 is 0 Å². The maximum absolute atomic E-state index is 9.53. The smallest absolute Gasteiger partial charge is 0.125 e. The first-order valence-corrected chi connectivity index (χ1v) is 6.34. The summed E-state index contributed by atoms with van der Waals surface area (Å²) >= 11 is 0. The van der Waals surface area contributed by atoms with Crippen LogP contribution in [0.4, 0.5) is 0 Å². The predicted octanol–water partition coefficient (Wildman–Crippen LogP) is 2.57. The summed E-state index contributed by atoms with van der Waals surface area (Å²) in [7, 11) is 0. The minimum Gasteiger partial charge on any atom is -0.374 e. The fourth-order valence-electron chi connectivity index (χ4n) is 2.06. The molecule has 1 atom stereocenters. The van der Waals surface area contributed by atoms with E-state index in [1.54, 1.807) is 0 Å². The third-order valence-electron chi connectivity index (χ3n) is 2.98. The van der Waals surface area contributed by atoms with Crippen LogP contribution in [-0.2, 0) is 0 Å². The Kier molecular flexibility index (Phi) is 6.16. The van der Waals surface area contributed by atoms with Crippen LogP contribution in [0.5, 0.6) is 0 Å². The summed E-state index contributed by atoms with van der Waals surface area (Å²) < 4.78 is 0. The molecular weight excluding hydrogens is 200 g/mol. The van der Waals surface area contributed by atoms with Crippen molar-refractivity contribution in [3.63, 3.8) is 0 Å². The summed E-state index contributed by atoms with van der Waals surface area (Å²) in [5.41, 5.74) is 0. The van der Waals surface area contributed by atoms with Crippen LogP contribution in [0.1, 0.15) is 45.4 Å². The van der Waals surface area contributed by atoms with Gasteiger partial charge in [-0.05, 0) is 26.2 Å². The number of aliphatic imine (C=N–C) groups is 1. The van der Waals surface area contributed by atoms with Crippen molar-refractivity contribution in [2.75, 3.05) is 13.1 Å². The molecule has 3 nitrogen and oxygen atoms in total. The Morgan fingerprint density at radius 2 is 2.19 bits per heavy atom. The minimum absolute atomic E-state index is 0.387. The number of rotatable bonds is 8. The molecule has 3 heteroatoms. The third-order valence-corrected chi connectivity index (χ3v) is 2.98. The van der Waals surface area contributed by atoms with Crippen LogP contribution in [0.25, 0.3) is 0 Å². The Labute approximate surface area is 98.9 Å². The van der Waals surface area contributed by atoms with E-state index in [2.05, 4.69) is 11.6 Å². The van der Waals surface area contributed by atoms with Crippen LogP contribution in [0.2, 0.25) is 0 Å². The van der Waals surface area contributed by atoms with Crippen molar-refractivity contribution < 1.29 is 5.11 Å². The van der Waals surface area contributed by atoms with Crippen molar-refractivity contribution >= 4 is 5.84 Å². The molecule has 1 heterocycles. The SMILES string of the molecule is C=CCCCCCCC1=NCCN1C(C)O. The average molecular weight is 224 g/mol. The fraction of sp³-hybridized carbons (Fsp3) is 0.769. The molecule has 92 valence electrons. The van der Waals surface area contributed by atoms with E-state index in [1.807, 2.05) is 17.9 Å². The van der Waals surface area contributed by atoms with Gasteiger partial charge in [0.05, 0.1) is 6.54 Å². The highest BCUT2D eigenvalue weighted by molar-refractivity contribution is 5.83. The lowest BCUT2D eigenvalue weighted by molar-refractivity contribution is 0.0766. The molecule has 1 aliphatic heterocycles. The Morgan fingerprint density at radius 3 is 2.88 bits per heavy atom. The van der Waals surface area contributed by atoms with Crippen molar-refractivity contribution in [3.8, 4) is 0 Å². The molecule has 1 unspecified atom stereocenters. The molecule has 0 aromatic heterocycles. The van der Waals surface area contributed by atoms with Gasteiger partial charge in [0.1, 0.15) is 12.1 Å². The van der Waals surface area contributed by atoms with E-state index in [0.717, 1.165) is 31.8 Å². The summed E-state index contributed by atoms with van der Waals surface area (Å²) in [4.78, 5) is 6.44. The number of amidine groups is 1. The molecule has 0 saturated heterocycles. The Balaban J connectivity index is 2.10. The van der Waals surface area contributed by atoms with E-state index in [0.29, 0.717) is 0 Å². The van der Waals surface area contributed by atoms with Gasteiger partial charge in [-0.3, -0.25) is 4.99 Å². The molecule has 1 rings (SSSR count). The van der Waals surface area contributed by atoms with Gasteiger partial charge in [-0.25, -0.2) is 0 Å². The van der Waals surface area contributed by atoms with Crippen molar-refractivity contribution in [1.29, 1.82) is 0 Å². The van der Waals surface area contributed by atoms with Gasteiger partial charge < -0.3 is 10.0 Å². The van der Waals surface area contributed by atoms with Gasteiger partial charge in [0, 0.05) is 13.0 Å². The van der Waals surface area contributed by atoms with Gasteiger partial charge in [0.25, 0.3) is 0 Å². The second kappa shape index (κ2) is 7.44. The molecule has 1 N–H and O–H groups in total. The number of nitrogens with zero attached hydrogens (tertiary/aromatic N) is 2. The molecule has 0 aromatic rings. The predicted molar refractivity (Wildman–Crippen MR) is 68.6 cm³/mol. The summed E-state index contributed by atoms with van der Waals surface area (Å²) in [6.07, 6.45) is 8.68. The first-order valence-electron chi connectivity index (χ1n) is 6.34. The maximum atomic E-state index is 9.53. The van der Waals surface area contributed by atoms with E-state index in [9.17, 15) is 5.11 Å². The zero-order valence-corrected chi connectivity index (χ0v) is 10.4. The molecule has 1 aliphatic rings. The molecular formula is C13H24N2O. The van der Waals surface area contributed by atoms with Crippen LogP contribution in [0, 0.1) is 0 Å². The van der Waals surface area contributed by atoms with Gasteiger partial charge in [-0.1, -0.05) is 18.9 Å². The van der Waals surface area contributed by atoms with E-state index in [-0.39, 0.29) is 6.23 Å². The Morgan fingerprint density at radius 1 is 1.44 bits per heavy atom. The number of hydrogen-bond donors (Lipinski definition) is 1. The van der Waals surface area contributed by atoms with Crippen LogP contribution < -0.4 is 0 Å². The van der Waals surface area contributed by atoms with Crippen LogP contribution in [0.3, 0.4) is 0 Å². The molecule has 16 heavy (non-hydrogen) atoms. The first-order chi connectivity index (χ1) is 7.75. The maximum Gasteiger partial charge on any atom is 0.125 e. The minimum atomic E-state index is -0.387. The van der Waals surface area contributed by atoms with Crippen molar-refractivity contribution in [3.05, 3.63) is 12.7 Å². The molecule has 0 amide bonds. The summed E-state index contributed by atoms with van der Waals surface area (Å²) in [5, 5.41) is 9.53. The molecule has 0 radical (unpaired) electrons. The summed E-state index contributed by atoms with van der Waals surface area (Å²) in [6.45, 7) is 7.25. The van der Waals surface area contributed by atoms with Crippen molar-refractivity contribution in [2.24, 2.45) is 4.99 Å². The van der Waals surface area contributed by atoms with Gasteiger partial charge in [-0.2, -0.15) is 0 Å². The Bertz CT molecular complexity index is 236. The highest BCUT2D eigenvalue weighted by Gasteiger charge is 2.19. The average Bonchev–Trinajstić information content (AvgIpc) is 2.71. The molecule has 0 fully saturated rings. The largest absolute Gasteiger partial charge is 0.374 e. The molecule has 0 aromatic carbocycles. The fourth-order valence-corrected chi connectivity index (χ4v) is 2.06. The molecule has 0 bridgehead atoms. The Hall–Kier alpha value is -0.830. The molecule has 0 saturated carbocycles. The number of aliphatic hydroxyl groups is 1. The lowest BCUT2D eigenvalue weighted by Crippen LogP contribution is -2.35. The normalized spacial score (nSPS) is 17.4. The topological polar surface area (TPSA) is 35.8 Å². The van der Waals surface area contributed by atoms with E-state index in [1.165, 1.54) is 25.7 Å². The van der Waals surface area contributed by atoms with Gasteiger partial charge >= 0.3 is 0 Å². The zero-order valence-electron chi connectivity index (χ0n) is 10.4.